The molecule has 1 aromatic rings. The van der Waals surface area contributed by atoms with E-state index in [2.05, 4.69) is 0 Å². The normalized spacial score (nSPS) is 13.6. The van der Waals surface area contributed by atoms with Gasteiger partial charge in [0, 0.05) is 0 Å². The second-order valence-electron chi connectivity index (χ2n) is 3.55. The van der Waals surface area contributed by atoms with Crippen LogP contribution in [0.3, 0.4) is 0 Å². The van der Waals surface area contributed by atoms with Crippen LogP contribution >= 0.6 is 23.2 Å². The largest absolute Gasteiger partial charge is 0.425 e. The summed E-state index contributed by atoms with van der Waals surface area (Å²) in [6, 6.07) is 5.99. The molecule has 1 rings (SSSR count). The molecular weight excluding hydrogens is 279 g/mol. The number of carbonyl (C=O) groups is 2. The predicted octanol–water partition coefficient (Wildman–Crippen LogP) is 2.75. The van der Waals surface area contributed by atoms with E-state index in [1.54, 1.807) is 0 Å². The van der Waals surface area contributed by atoms with Crippen molar-refractivity contribution in [1.29, 1.82) is 0 Å². The van der Waals surface area contributed by atoms with Crippen LogP contribution < -0.4 is 9.47 Å². The smallest absolute Gasteiger partial charge is 0.329 e. The van der Waals surface area contributed by atoms with Gasteiger partial charge in [0.05, 0.1) is 0 Å². The van der Waals surface area contributed by atoms with Gasteiger partial charge in [-0.3, -0.25) is 9.59 Å². The molecule has 2 unspecified atom stereocenters. The van der Waals surface area contributed by atoms with Gasteiger partial charge >= 0.3 is 11.9 Å². The molecule has 1 aromatic carbocycles. The number of carbonyl (C=O) groups excluding carboxylic acids is 2. The van der Waals surface area contributed by atoms with E-state index in [9.17, 15) is 9.59 Å². The van der Waals surface area contributed by atoms with Crippen molar-refractivity contribution in [1.82, 2.24) is 0 Å². The Morgan fingerprint density at radius 3 is 1.39 bits per heavy atom. The fourth-order valence-electron chi connectivity index (χ4n) is 0.970. The first-order chi connectivity index (χ1) is 8.40. The van der Waals surface area contributed by atoms with Gasteiger partial charge in [-0.05, 0) is 38.1 Å². The third-order valence-electron chi connectivity index (χ3n) is 1.91. The second kappa shape index (κ2) is 6.61. The quantitative estimate of drug-likeness (QED) is 0.486. The highest BCUT2D eigenvalue weighted by Crippen LogP contribution is 2.19. The monoisotopic (exact) mass is 290 g/mol. The van der Waals surface area contributed by atoms with Gasteiger partial charge in [0.25, 0.3) is 0 Å². The Balaban J connectivity index is 2.63. The number of hydrogen-bond acceptors (Lipinski definition) is 4. The summed E-state index contributed by atoms with van der Waals surface area (Å²) in [5.41, 5.74) is 0. The standard InChI is InChI=1S/C12H12Cl2O4/c1-7(13)11(15)17-9-3-5-10(6-4-9)18-12(16)8(2)14/h3-8H,1-2H3. The summed E-state index contributed by atoms with van der Waals surface area (Å²) in [6.45, 7) is 3.03. The maximum atomic E-state index is 11.2. The Morgan fingerprint density at radius 1 is 0.889 bits per heavy atom. The van der Waals surface area contributed by atoms with Gasteiger partial charge in [0.2, 0.25) is 0 Å². The molecule has 0 saturated carbocycles. The van der Waals surface area contributed by atoms with E-state index in [0.717, 1.165) is 0 Å². The zero-order valence-corrected chi connectivity index (χ0v) is 11.4. The number of alkyl halides is 2. The number of esters is 2. The van der Waals surface area contributed by atoms with Gasteiger partial charge in [-0.2, -0.15) is 0 Å². The molecule has 6 heteroatoms. The Bertz CT molecular complexity index is 385. The Labute approximate surface area is 115 Å². The maximum absolute atomic E-state index is 11.2. The molecule has 0 aromatic heterocycles. The minimum atomic E-state index is -0.723. The van der Waals surface area contributed by atoms with E-state index >= 15 is 0 Å². The molecule has 0 fully saturated rings. The zero-order valence-electron chi connectivity index (χ0n) is 9.85. The van der Waals surface area contributed by atoms with Gasteiger partial charge in [-0.15, -0.1) is 23.2 Å². The van der Waals surface area contributed by atoms with Crippen LogP contribution in [0.1, 0.15) is 13.8 Å². The van der Waals surface area contributed by atoms with Crippen LogP contribution in [-0.2, 0) is 9.59 Å². The third kappa shape index (κ3) is 4.55. The highest BCUT2D eigenvalue weighted by molar-refractivity contribution is 6.30. The van der Waals surface area contributed by atoms with Crippen LogP contribution in [0.25, 0.3) is 0 Å². The van der Waals surface area contributed by atoms with Crippen molar-refractivity contribution in [3.05, 3.63) is 24.3 Å². The van der Waals surface area contributed by atoms with Crippen molar-refractivity contribution in [3.8, 4) is 11.5 Å². The lowest BCUT2D eigenvalue weighted by Crippen LogP contribution is -2.18. The van der Waals surface area contributed by atoms with E-state index in [0.29, 0.717) is 11.5 Å². The van der Waals surface area contributed by atoms with E-state index < -0.39 is 22.7 Å². The SMILES string of the molecule is CC(Cl)C(=O)Oc1ccc(OC(=O)C(C)Cl)cc1. The van der Waals surface area contributed by atoms with Crippen molar-refractivity contribution in [3.63, 3.8) is 0 Å². The first-order valence-electron chi connectivity index (χ1n) is 5.21. The molecule has 0 heterocycles. The lowest BCUT2D eigenvalue weighted by molar-refractivity contribution is -0.134. The van der Waals surface area contributed by atoms with Crippen LogP contribution in [0, 0.1) is 0 Å². The Kier molecular flexibility index (Phi) is 5.44. The topological polar surface area (TPSA) is 52.6 Å². The minimum absolute atomic E-state index is 0.325. The van der Waals surface area contributed by atoms with E-state index in [1.165, 1.54) is 38.1 Å². The van der Waals surface area contributed by atoms with Crippen LogP contribution in [0.4, 0.5) is 0 Å². The summed E-state index contributed by atoms with van der Waals surface area (Å²) < 4.78 is 9.89. The van der Waals surface area contributed by atoms with Crippen LogP contribution in [0.15, 0.2) is 24.3 Å². The number of benzene rings is 1. The molecule has 0 spiro atoms. The molecule has 2 atom stereocenters. The van der Waals surface area contributed by atoms with Crippen LogP contribution in [0.5, 0.6) is 11.5 Å². The zero-order chi connectivity index (χ0) is 13.7. The number of hydrogen-bond donors (Lipinski definition) is 0. The summed E-state index contributed by atoms with van der Waals surface area (Å²) in [5, 5.41) is -1.45. The van der Waals surface area contributed by atoms with Gasteiger partial charge in [-0.25, -0.2) is 0 Å². The molecule has 0 amide bonds. The van der Waals surface area contributed by atoms with Gasteiger partial charge in [-0.1, -0.05) is 0 Å². The van der Waals surface area contributed by atoms with Crippen LogP contribution in [0.2, 0.25) is 0 Å². The van der Waals surface area contributed by atoms with Gasteiger partial charge in [0.15, 0.2) is 0 Å². The molecule has 0 aliphatic carbocycles. The number of ether oxygens (including phenoxy) is 2. The summed E-state index contributed by atoms with van der Waals surface area (Å²) in [5.74, 6) is -0.441. The Hall–Kier alpha value is -1.26. The molecule has 0 saturated heterocycles. The number of halogens is 2. The van der Waals surface area contributed by atoms with Gasteiger partial charge in [0.1, 0.15) is 22.3 Å². The number of rotatable bonds is 4. The average Bonchev–Trinajstić information content (AvgIpc) is 2.31. The lowest BCUT2D eigenvalue weighted by atomic mass is 10.3. The third-order valence-corrected chi connectivity index (χ3v) is 2.27. The molecular formula is C12H12Cl2O4. The molecule has 18 heavy (non-hydrogen) atoms. The molecule has 98 valence electrons. The molecule has 0 radical (unpaired) electrons. The highest BCUT2D eigenvalue weighted by Gasteiger charge is 2.13. The van der Waals surface area contributed by atoms with E-state index in [-0.39, 0.29) is 0 Å². The van der Waals surface area contributed by atoms with Gasteiger partial charge < -0.3 is 9.47 Å². The molecule has 4 nitrogen and oxygen atoms in total. The molecule has 0 aliphatic rings. The maximum Gasteiger partial charge on any atom is 0.329 e. The van der Waals surface area contributed by atoms with Crippen molar-refractivity contribution < 1.29 is 19.1 Å². The van der Waals surface area contributed by atoms with Crippen LogP contribution in [-0.4, -0.2) is 22.7 Å². The average molecular weight is 291 g/mol. The molecule has 0 bridgehead atoms. The first kappa shape index (κ1) is 14.8. The predicted molar refractivity (Wildman–Crippen MR) is 68.3 cm³/mol. The highest BCUT2D eigenvalue weighted by atomic mass is 35.5. The van der Waals surface area contributed by atoms with Crippen molar-refractivity contribution in [2.75, 3.05) is 0 Å². The van der Waals surface area contributed by atoms with E-state index in [1.807, 2.05) is 0 Å². The summed E-state index contributed by atoms with van der Waals surface area (Å²) in [7, 11) is 0. The van der Waals surface area contributed by atoms with Crippen molar-refractivity contribution in [2.45, 2.75) is 24.6 Å². The minimum Gasteiger partial charge on any atom is -0.425 e. The first-order valence-corrected chi connectivity index (χ1v) is 6.09. The van der Waals surface area contributed by atoms with E-state index in [4.69, 9.17) is 32.7 Å². The molecule has 0 aliphatic heterocycles. The fraction of sp³-hybridized carbons (Fsp3) is 0.333. The fourth-order valence-corrected chi connectivity index (χ4v) is 1.06. The summed E-state index contributed by atoms with van der Waals surface area (Å²) in [6.07, 6.45) is 0. The van der Waals surface area contributed by atoms with Crippen molar-refractivity contribution in [2.24, 2.45) is 0 Å². The summed E-state index contributed by atoms with van der Waals surface area (Å²) in [4.78, 5) is 22.4. The second-order valence-corrected chi connectivity index (χ2v) is 4.85. The summed E-state index contributed by atoms with van der Waals surface area (Å²) >= 11 is 11.1. The Morgan fingerprint density at radius 2 is 1.17 bits per heavy atom. The lowest BCUT2D eigenvalue weighted by Gasteiger charge is -2.07. The molecule has 0 N–H and O–H groups in total. The van der Waals surface area contributed by atoms with Crippen molar-refractivity contribution >= 4 is 35.1 Å².